The molecule has 0 radical (unpaired) electrons. The van der Waals surface area contributed by atoms with Crippen LogP contribution < -0.4 is 4.74 Å². The lowest BCUT2D eigenvalue weighted by Crippen LogP contribution is -2.21. The van der Waals surface area contributed by atoms with Crippen molar-refractivity contribution < 1.29 is 14.9 Å². The minimum atomic E-state index is 0.107. The Morgan fingerprint density at radius 3 is 2.69 bits per heavy atom. The molecule has 0 fully saturated rings. The molecule has 0 saturated heterocycles. The summed E-state index contributed by atoms with van der Waals surface area (Å²) in [4.78, 5) is 1.98. The van der Waals surface area contributed by atoms with E-state index >= 15 is 0 Å². The second kappa shape index (κ2) is 6.08. The van der Waals surface area contributed by atoms with Crippen LogP contribution in [0.2, 0.25) is 0 Å². The number of rotatable bonds is 5. The van der Waals surface area contributed by atoms with E-state index in [9.17, 15) is 5.11 Å². The van der Waals surface area contributed by atoms with Gasteiger partial charge in [-0.15, -0.1) is 0 Å². The number of halogens is 1. The molecule has 0 saturated carbocycles. The average Bonchev–Trinajstić information content (AvgIpc) is 2.23. The minimum absolute atomic E-state index is 0.107. The molecule has 0 aromatic heterocycles. The van der Waals surface area contributed by atoms with Gasteiger partial charge in [0.1, 0.15) is 0 Å². The number of hydrogen-bond acceptors (Lipinski definition) is 4. The van der Waals surface area contributed by atoms with Gasteiger partial charge in [-0.05, 0) is 40.7 Å². The van der Waals surface area contributed by atoms with Crippen LogP contribution in [0, 0.1) is 0 Å². The smallest absolute Gasteiger partial charge is 0.172 e. The summed E-state index contributed by atoms with van der Waals surface area (Å²) >= 11 is 3.27. The normalized spacial score (nSPS) is 10.8. The molecule has 0 bridgehead atoms. The Hall–Kier alpha value is -0.780. The van der Waals surface area contributed by atoms with Crippen molar-refractivity contribution in [2.75, 3.05) is 27.3 Å². The highest BCUT2D eigenvalue weighted by Gasteiger charge is 2.09. The highest BCUT2D eigenvalue weighted by Crippen LogP contribution is 2.35. The van der Waals surface area contributed by atoms with Crippen LogP contribution in [0.5, 0.6) is 11.5 Å². The van der Waals surface area contributed by atoms with Crippen molar-refractivity contribution >= 4 is 15.9 Å². The summed E-state index contributed by atoms with van der Waals surface area (Å²) in [6.45, 7) is 1.43. The number of phenols is 1. The zero-order valence-corrected chi connectivity index (χ0v) is 11.0. The van der Waals surface area contributed by atoms with E-state index in [2.05, 4.69) is 15.9 Å². The van der Waals surface area contributed by atoms with E-state index in [4.69, 9.17) is 9.84 Å². The number of likely N-dealkylation sites (N-methyl/N-ethyl adjacent to an activating group) is 1. The molecule has 1 aromatic rings. The van der Waals surface area contributed by atoms with Crippen LogP contribution in [-0.4, -0.2) is 42.4 Å². The fourth-order valence-electron chi connectivity index (χ4n) is 1.44. The Morgan fingerprint density at radius 2 is 2.12 bits per heavy atom. The van der Waals surface area contributed by atoms with Gasteiger partial charge in [0.2, 0.25) is 0 Å². The van der Waals surface area contributed by atoms with E-state index in [-0.39, 0.29) is 12.4 Å². The minimum Gasteiger partial charge on any atom is -0.503 e. The van der Waals surface area contributed by atoms with Gasteiger partial charge < -0.3 is 14.9 Å². The highest BCUT2D eigenvalue weighted by atomic mass is 79.9. The number of ether oxygens (including phenoxy) is 1. The van der Waals surface area contributed by atoms with E-state index in [1.807, 2.05) is 18.0 Å². The van der Waals surface area contributed by atoms with Gasteiger partial charge in [0.15, 0.2) is 11.5 Å². The predicted molar refractivity (Wildman–Crippen MR) is 65.8 cm³/mol. The van der Waals surface area contributed by atoms with Crippen molar-refractivity contribution in [3.05, 3.63) is 22.2 Å². The summed E-state index contributed by atoms with van der Waals surface area (Å²) in [5, 5.41) is 18.4. The number of methoxy groups -OCH3 is 1. The molecule has 90 valence electrons. The summed E-state index contributed by atoms with van der Waals surface area (Å²) in [6, 6.07) is 3.62. The maximum Gasteiger partial charge on any atom is 0.172 e. The molecule has 0 aliphatic carbocycles. The van der Waals surface area contributed by atoms with E-state index in [1.165, 1.54) is 7.11 Å². The quantitative estimate of drug-likeness (QED) is 0.864. The maximum absolute atomic E-state index is 9.63. The molecule has 4 nitrogen and oxygen atoms in total. The lowest BCUT2D eigenvalue weighted by Gasteiger charge is -2.16. The molecule has 0 aliphatic heterocycles. The fourth-order valence-corrected chi connectivity index (χ4v) is 1.92. The molecule has 0 unspecified atom stereocenters. The van der Waals surface area contributed by atoms with Crippen molar-refractivity contribution in [2.45, 2.75) is 6.54 Å². The molecule has 0 heterocycles. The van der Waals surface area contributed by atoms with Gasteiger partial charge in [-0.25, -0.2) is 0 Å². The van der Waals surface area contributed by atoms with Gasteiger partial charge in [0.05, 0.1) is 18.2 Å². The maximum atomic E-state index is 9.63. The molecule has 0 spiro atoms. The molecule has 0 atom stereocenters. The molecule has 1 rings (SSSR count). The number of aromatic hydroxyl groups is 1. The van der Waals surface area contributed by atoms with Crippen molar-refractivity contribution in [3.63, 3.8) is 0 Å². The number of nitrogens with zero attached hydrogens (tertiary/aromatic N) is 1. The summed E-state index contributed by atoms with van der Waals surface area (Å²) in [7, 11) is 3.44. The van der Waals surface area contributed by atoms with Crippen LogP contribution >= 0.6 is 15.9 Å². The van der Waals surface area contributed by atoms with Gasteiger partial charge in [-0.2, -0.15) is 0 Å². The Kier molecular flexibility index (Phi) is 5.05. The van der Waals surface area contributed by atoms with E-state index in [0.29, 0.717) is 23.3 Å². The summed E-state index contributed by atoms with van der Waals surface area (Å²) in [5.74, 6) is 0.554. The second-order valence-electron chi connectivity index (χ2n) is 3.59. The summed E-state index contributed by atoms with van der Waals surface area (Å²) < 4.78 is 5.67. The Morgan fingerprint density at radius 1 is 1.44 bits per heavy atom. The fraction of sp³-hybridized carbons (Fsp3) is 0.455. The topological polar surface area (TPSA) is 52.9 Å². The first-order valence-corrected chi connectivity index (χ1v) is 5.72. The molecule has 0 amide bonds. The van der Waals surface area contributed by atoms with Gasteiger partial charge in [-0.1, -0.05) is 0 Å². The predicted octanol–water partition coefficient (Wildman–Crippen LogP) is 1.59. The third kappa shape index (κ3) is 3.37. The monoisotopic (exact) mass is 289 g/mol. The standard InChI is InChI=1S/C11H16BrNO3/c1-13(3-4-14)7-8-5-9(12)11(15)10(6-8)16-2/h5-6,14-15H,3-4,7H2,1-2H3. The molecule has 0 aliphatic rings. The highest BCUT2D eigenvalue weighted by molar-refractivity contribution is 9.10. The lowest BCUT2D eigenvalue weighted by atomic mass is 10.2. The summed E-state index contributed by atoms with van der Waals surface area (Å²) in [6.07, 6.45) is 0. The first kappa shape index (κ1) is 13.3. The third-order valence-corrected chi connectivity index (χ3v) is 2.85. The van der Waals surface area contributed by atoms with Crippen LogP contribution in [0.15, 0.2) is 16.6 Å². The van der Waals surface area contributed by atoms with Crippen LogP contribution in [-0.2, 0) is 6.54 Å². The Bertz CT molecular complexity index is 357. The van der Waals surface area contributed by atoms with Crippen LogP contribution in [0.25, 0.3) is 0 Å². The second-order valence-corrected chi connectivity index (χ2v) is 4.44. The van der Waals surface area contributed by atoms with Crippen LogP contribution in [0.4, 0.5) is 0 Å². The van der Waals surface area contributed by atoms with Crippen LogP contribution in [0.1, 0.15) is 5.56 Å². The molecule has 16 heavy (non-hydrogen) atoms. The van der Waals surface area contributed by atoms with Crippen LogP contribution in [0.3, 0.4) is 0 Å². The molecule has 2 N–H and O–H groups in total. The Labute approximate surface area is 104 Å². The number of aliphatic hydroxyl groups excluding tert-OH is 1. The lowest BCUT2D eigenvalue weighted by molar-refractivity contribution is 0.217. The average molecular weight is 290 g/mol. The van der Waals surface area contributed by atoms with Crippen molar-refractivity contribution in [1.82, 2.24) is 4.90 Å². The van der Waals surface area contributed by atoms with Crippen molar-refractivity contribution in [3.8, 4) is 11.5 Å². The molecule has 5 heteroatoms. The SMILES string of the molecule is COc1cc(CN(C)CCO)cc(Br)c1O. The third-order valence-electron chi connectivity index (χ3n) is 2.24. The Balaban J connectivity index is 2.85. The first-order chi connectivity index (χ1) is 7.58. The van der Waals surface area contributed by atoms with Gasteiger partial charge in [0, 0.05) is 13.1 Å². The summed E-state index contributed by atoms with van der Waals surface area (Å²) in [5.41, 5.74) is 1.01. The zero-order valence-electron chi connectivity index (χ0n) is 9.40. The van der Waals surface area contributed by atoms with Gasteiger partial charge in [-0.3, -0.25) is 4.90 Å². The van der Waals surface area contributed by atoms with E-state index in [1.54, 1.807) is 6.07 Å². The first-order valence-electron chi connectivity index (χ1n) is 4.93. The van der Waals surface area contributed by atoms with Gasteiger partial charge >= 0.3 is 0 Å². The molecular formula is C11H16BrNO3. The van der Waals surface area contributed by atoms with E-state index < -0.39 is 0 Å². The number of hydrogen-bond donors (Lipinski definition) is 2. The molecular weight excluding hydrogens is 274 g/mol. The van der Waals surface area contributed by atoms with E-state index in [0.717, 1.165) is 5.56 Å². The zero-order chi connectivity index (χ0) is 12.1. The van der Waals surface area contributed by atoms with Gasteiger partial charge in [0.25, 0.3) is 0 Å². The van der Waals surface area contributed by atoms with Crippen molar-refractivity contribution in [2.24, 2.45) is 0 Å². The largest absolute Gasteiger partial charge is 0.503 e. The van der Waals surface area contributed by atoms with Crippen molar-refractivity contribution in [1.29, 1.82) is 0 Å². The molecule has 1 aromatic carbocycles. The number of benzene rings is 1. The number of phenolic OH excluding ortho intramolecular Hbond substituents is 1. The number of aliphatic hydroxyl groups is 1.